The van der Waals surface area contributed by atoms with E-state index in [0.717, 1.165) is 40.6 Å². The van der Waals surface area contributed by atoms with Crippen LogP contribution in [0.2, 0.25) is 0 Å². The molecule has 2 aromatic carbocycles. The summed E-state index contributed by atoms with van der Waals surface area (Å²) in [6.07, 6.45) is 2.74. The molecule has 0 fully saturated rings. The van der Waals surface area contributed by atoms with Crippen LogP contribution in [-0.2, 0) is 11.3 Å². The molecule has 2 aliphatic heterocycles. The predicted molar refractivity (Wildman–Crippen MR) is 136 cm³/mol. The Labute approximate surface area is 202 Å². The summed E-state index contributed by atoms with van der Waals surface area (Å²) in [7, 11) is 1.68. The number of rotatable bonds is 4. The summed E-state index contributed by atoms with van der Waals surface area (Å²) in [6, 6.07) is 15.9. The third-order valence-electron chi connectivity index (χ3n) is 6.89. The highest BCUT2D eigenvalue weighted by Crippen LogP contribution is 2.50. The number of nitriles is 1. The molecule has 1 aromatic heterocycles. The smallest absolute Gasteiger partial charge is 0.239 e. The molecular formula is C26H26N6OS. The molecule has 5 rings (SSSR count). The number of carbonyl (C=O) groups is 1. The molecule has 0 saturated heterocycles. The minimum Gasteiger partial charge on any atom is -0.369 e. The van der Waals surface area contributed by atoms with Crippen molar-refractivity contribution >= 4 is 40.1 Å². The van der Waals surface area contributed by atoms with E-state index in [0.29, 0.717) is 5.56 Å². The van der Waals surface area contributed by atoms with E-state index in [2.05, 4.69) is 29.6 Å². The van der Waals surface area contributed by atoms with Gasteiger partial charge < -0.3 is 5.73 Å². The largest absolute Gasteiger partial charge is 0.369 e. The summed E-state index contributed by atoms with van der Waals surface area (Å²) in [5.41, 5.74) is 10.1. The number of aliphatic imine (C=N–C) groups is 1. The van der Waals surface area contributed by atoms with Crippen molar-refractivity contribution in [1.29, 1.82) is 5.26 Å². The van der Waals surface area contributed by atoms with Gasteiger partial charge in [-0.15, -0.1) is 11.8 Å². The number of aryl methyl sites for hydroxylation is 1. The number of thioether (sulfide) groups is 1. The topological polar surface area (TPSA) is 100 Å². The van der Waals surface area contributed by atoms with Gasteiger partial charge in [-0.2, -0.15) is 10.4 Å². The summed E-state index contributed by atoms with van der Waals surface area (Å²) in [5.74, 6) is -0.295. The van der Waals surface area contributed by atoms with E-state index >= 15 is 0 Å². The lowest BCUT2D eigenvalue weighted by atomic mass is 9.74. The normalized spacial score (nSPS) is 24.8. The van der Waals surface area contributed by atoms with Crippen LogP contribution in [0.4, 0.5) is 0 Å². The Bertz CT molecular complexity index is 1400. The van der Waals surface area contributed by atoms with E-state index in [-0.39, 0.29) is 17.1 Å². The van der Waals surface area contributed by atoms with Crippen LogP contribution < -0.4 is 5.73 Å². The molecule has 3 atom stereocenters. The molecule has 172 valence electrons. The standard InChI is InChI=1S/C26H26N6OS/c1-4-32-14-19-11-18(8-9-21(19)30-32)23-24(33)31(3)25(28)29-26(23,2)22-12-20(15-34-22)17-7-5-6-16(10-17)13-27/h5-11,14-15,22-23H,4,12H2,1-3H3,(H2,28,29)/t22?,23-,26-/m1/s1. The van der Waals surface area contributed by atoms with Gasteiger partial charge in [-0.1, -0.05) is 18.2 Å². The number of allylic oxidation sites excluding steroid dienone is 1. The average molecular weight is 471 g/mol. The Morgan fingerprint density at radius 3 is 2.88 bits per heavy atom. The Morgan fingerprint density at radius 1 is 1.29 bits per heavy atom. The monoisotopic (exact) mass is 470 g/mol. The summed E-state index contributed by atoms with van der Waals surface area (Å²) < 4.78 is 1.90. The second-order valence-corrected chi connectivity index (χ2v) is 10.1. The second-order valence-electron chi connectivity index (χ2n) is 8.99. The van der Waals surface area contributed by atoms with Gasteiger partial charge in [0.2, 0.25) is 5.91 Å². The highest BCUT2D eigenvalue weighted by molar-refractivity contribution is 8.03. The molecule has 0 spiro atoms. The number of amides is 1. The van der Waals surface area contributed by atoms with Gasteiger partial charge in [-0.05, 0) is 66.6 Å². The Hall–Kier alpha value is -3.57. The maximum absolute atomic E-state index is 13.6. The van der Waals surface area contributed by atoms with E-state index in [4.69, 9.17) is 10.7 Å². The van der Waals surface area contributed by atoms with Crippen LogP contribution >= 0.6 is 11.8 Å². The van der Waals surface area contributed by atoms with Gasteiger partial charge in [0, 0.05) is 30.4 Å². The fourth-order valence-corrected chi connectivity index (χ4v) is 6.20. The van der Waals surface area contributed by atoms with E-state index in [1.54, 1.807) is 24.9 Å². The number of likely N-dealkylation sites (N-methyl/N-ethyl adjacent to an activating group) is 1. The molecule has 1 unspecified atom stereocenters. The van der Waals surface area contributed by atoms with E-state index in [9.17, 15) is 10.1 Å². The Kier molecular flexibility index (Phi) is 5.45. The molecule has 0 radical (unpaired) electrons. The van der Waals surface area contributed by atoms with Crippen molar-refractivity contribution in [3.05, 3.63) is 70.8 Å². The molecule has 34 heavy (non-hydrogen) atoms. The highest BCUT2D eigenvalue weighted by atomic mass is 32.2. The fraction of sp³-hybridized carbons (Fsp3) is 0.308. The summed E-state index contributed by atoms with van der Waals surface area (Å²) in [6.45, 7) is 4.87. The number of hydrogen-bond donors (Lipinski definition) is 1. The first-order valence-electron chi connectivity index (χ1n) is 11.3. The fourth-order valence-electron chi connectivity index (χ4n) is 4.90. The second kappa shape index (κ2) is 8.33. The van der Waals surface area contributed by atoms with Crippen molar-refractivity contribution in [3.63, 3.8) is 0 Å². The molecule has 3 heterocycles. The Morgan fingerprint density at radius 2 is 2.12 bits per heavy atom. The number of nitrogens with two attached hydrogens (primary N) is 1. The van der Waals surface area contributed by atoms with Crippen molar-refractivity contribution in [2.24, 2.45) is 10.7 Å². The van der Waals surface area contributed by atoms with Crippen LogP contribution in [0.5, 0.6) is 0 Å². The lowest BCUT2D eigenvalue weighted by Crippen LogP contribution is -2.57. The molecule has 3 aromatic rings. The van der Waals surface area contributed by atoms with Gasteiger partial charge in [-0.25, -0.2) is 4.99 Å². The van der Waals surface area contributed by atoms with Gasteiger partial charge >= 0.3 is 0 Å². The molecular weight excluding hydrogens is 444 g/mol. The summed E-state index contributed by atoms with van der Waals surface area (Å²) in [5, 5.41) is 17.0. The first-order chi connectivity index (χ1) is 16.3. The van der Waals surface area contributed by atoms with E-state index in [1.807, 2.05) is 48.1 Å². The molecule has 2 N–H and O–H groups in total. The lowest BCUT2D eigenvalue weighted by Gasteiger charge is -2.43. The molecule has 7 nitrogen and oxygen atoms in total. The minimum absolute atomic E-state index is 0.0171. The maximum atomic E-state index is 13.6. The van der Waals surface area contributed by atoms with Crippen LogP contribution in [0.1, 0.15) is 42.9 Å². The van der Waals surface area contributed by atoms with Gasteiger partial charge in [0.05, 0.1) is 28.6 Å². The number of carbonyl (C=O) groups excluding carboxylic acids is 1. The first-order valence-corrected chi connectivity index (χ1v) is 12.2. The van der Waals surface area contributed by atoms with Crippen molar-refractivity contribution < 1.29 is 4.79 Å². The number of benzene rings is 2. The van der Waals surface area contributed by atoms with Crippen LogP contribution in [0, 0.1) is 11.3 Å². The van der Waals surface area contributed by atoms with Crippen molar-refractivity contribution in [1.82, 2.24) is 14.7 Å². The quantitative estimate of drug-likeness (QED) is 0.619. The average Bonchev–Trinajstić information content (AvgIpc) is 3.50. The number of nitrogens with zero attached hydrogens (tertiary/aromatic N) is 5. The lowest BCUT2D eigenvalue weighted by molar-refractivity contribution is -0.130. The minimum atomic E-state index is -0.738. The van der Waals surface area contributed by atoms with Crippen molar-refractivity contribution in [3.8, 4) is 6.07 Å². The van der Waals surface area contributed by atoms with Gasteiger partial charge in [0.1, 0.15) is 0 Å². The zero-order valence-corrected chi connectivity index (χ0v) is 20.2. The molecule has 0 saturated carbocycles. The zero-order valence-electron chi connectivity index (χ0n) is 19.4. The third-order valence-corrected chi connectivity index (χ3v) is 8.28. The van der Waals surface area contributed by atoms with Crippen LogP contribution in [0.15, 0.2) is 59.1 Å². The number of guanidine groups is 1. The van der Waals surface area contributed by atoms with Crippen molar-refractivity contribution in [2.45, 2.75) is 43.5 Å². The van der Waals surface area contributed by atoms with E-state index < -0.39 is 11.5 Å². The molecule has 0 aliphatic carbocycles. The van der Waals surface area contributed by atoms with Gasteiger partial charge in [0.25, 0.3) is 0 Å². The molecule has 0 bridgehead atoms. The molecule has 1 amide bonds. The SMILES string of the molecule is CCn1cc2cc([C@@H]3C(=O)N(C)C(N)=N[C@]3(C)C3CC(c4cccc(C#N)c4)=CS3)ccc2n1. The summed E-state index contributed by atoms with van der Waals surface area (Å²) >= 11 is 1.68. The van der Waals surface area contributed by atoms with Gasteiger partial charge in [0.15, 0.2) is 5.96 Å². The molecule has 2 aliphatic rings. The summed E-state index contributed by atoms with van der Waals surface area (Å²) in [4.78, 5) is 20.0. The van der Waals surface area contributed by atoms with Crippen LogP contribution in [-0.4, -0.2) is 44.4 Å². The highest BCUT2D eigenvalue weighted by Gasteiger charge is 2.51. The number of fused-ring (bicyclic) bond motifs is 1. The molecule has 8 heteroatoms. The number of aromatic nitrogens is 2. The van der Waals surface area contributed by atoms with E-state index in [1.165, 1.54) is 4.90 Å². The Balaban J connectivity index is 1.54. The van der Waals surface area contributed by atoms with Gasteiger partial charge in [-0.3, -0.25) is 14.4 Å². The van der Waals surface area contributed by atoms with Crippen molar-refractivity contribution in [2.75, 3.05) is 7.05 Å². The zero-order chi connectivity index (χ0) is 24.0. The predicted octanol–water partition coefficient (Wildman–Crippen LogP) is 4.10. The number of hydrogen-bond acceptors (Lipinski definition) is 6. The first kappa shape index (κ1) is 22.2. The van der Waals surface area contributed by atoms with Crippen LogP contribution in [0.3, 0.4) is 0 Å². The third kappa shape index (κ3) is 3.57. The van der Waals surface area contributed by atoms with Crippen LogP contribution in [0.25, 0.3) is 16.5 Å². The maximum Gasteiger partial charge on any atom is 0.239 e.